The third-order valence-corrected chi connectivity index (χ3v) is 5.61. The van der Waals surface area contributed by atoms with E-state index in [4.69, 9.17) is 23.4 Å². The number of esters is 2. The number of hydrogen-bond acceptors (Lipinski definition) is 9. The van der Waals surface area contributed by atoms with E-state index in [1.54, 1.807) is 13.3 Å². The molecule has 1 aromatic carbocycles. The molecule has 1 aliphatic heterocycles. The van der Waals surface area contributed by atoms with Crippen LogP contribution in [0.2, 0.25) is 0 Å². The van der Waals surface area contributed by atoms with E-state index < -0.39 is 36.1 Å². The van der Waals surface area contributed by atoms with Crippen molar-refractivity contribution in [3.05, 3.63) is 52.1 Å². The monoisotopic (exact) mass is 494 g/mol. The van der Waals surface area contributed by atoms with Crippen LogP contribution in [-0.4, -0.2) is 54.0 Å². The molecule has 0 unspecified atom stereocenters. The molecule has 0 N–H and O–H groups in total. The molecule has 36 heavy (non-hydrogen) atoms. The summed E-state index contributed by atoms with van der Waals surface area (Å²) in [5.74, 6) is 5.48. The minimum atomic E-state index is -0.809. The van der Waals surface area contributed by atoms with Crippen molar-refractivity contribution in [1.82, 2.24) is 9.55 Å². The number of fused-ring (bicyclic) bond motifs is 1. The highest BCUT2D eigenvalue weighted by Gasteiger charge is 2.40. The van der Waals surface area contributed by atoms with Crippen molar-refractivity contribution in [2.75, 3.05) is 20.3 Å². The summed E-state index contributed by atoms with van der Waals surface area (Å²) in [4.78, 5) is 39.9. The van der Waals surface area contributed by atoms with Crippen LogP contribution in [-0.2, 0) is 28.5 Å². The zero-order valence-electron chi connectivity index (χ0n) is 20.4. The fraction of sp³-hybridized carbons (Fsp3) is 0.385. The van der Waals surface area contributed by atoms with E-state index in [0.29, 0.717) is 16.7 Å². The highest BCUT2D eigenvalue weighted by atomic mass is 16.6. The number of methoxy groups -OCH3 is 1. The number of carbonyl (C=O) groups excluding carboxylic acids is 2. The average Bonchev–Trinajstić information content (AvgIpc) is 3.38. The second kappa shape index (κ2) is 10.8. The van der Waals surface area contributed by atoms with Gasteiger partial charge in [0.1, 0.15) is 31.6 Å². The van der Waals surface area contributed by atoms with Gasteiger partial charge in [-0.05, 0) is 6.92 Å². The lowest BCUT2D eigenvalue weighted by atomic mass is 10.1. The standard InChI is InChI=1S/C26H26N2O8/c1-15-7-9-18(10-8-15)24-19(6-5-11-32-4)20-13-28(26(31)27-25(20)36-24)23-12-21(34-17(3)30)22(35-23)14-33-16(2)29/h7-10,13,21-23H,11-12,14H2,1-4H3/t21-,22+,23+/m0/s1. The molecule has 0 aliphatic carbocycles. The molecule has 0 bridgehead atoms. The van der Waals surface area contributed by atoms with Crippen LogP contribution in [0.5, 0.6) is 0 Å². The first-order chi connectivity index (χ1) is 17.3. The second-order valence-electron chi connectivity index (χ2n) is 8.37. The molecule has 10 nitrogen and oxygen atoms in total. The number of aromatic nitrogens is 2. The van der Waals surface area contributed by atoms with E-state index in [0.717, 1.165) is 11.1 Å². The molecule has 1 saturated heterocycles. The zero-order chi connectivity index (χ0) is 25.8. The van der Waals surface area contributed by atoms with Gasteiger partial charge in [0, 0.05) is 39.1 Å². The molecule has 0 saturated carbocycles. The molecule has 0 radical (unpaired) electrons. The fourth-order valence-corrected chi connectivity index (χ4v) is 3.97. The highest BCUT2D eigenvalue weighted by molar-refractivity contribution is 5.88. The molecular weight excluding hydrogens is 468 g/mol. The quantitative estimate of drug-likeness (QED) is 0.376. The van der Waals surface area contributed by atoms with Crippen LogP contribution < -0.4 is 5.69 Å². The van der Waals surface area contributed by atoms with Gasteiger partial charge < -0.3 is 23.4 Å². The number of furan rings is 1. The lowest BCUT2D eigenvalue weighted by Gasteiger charge is -2.17. The number of ether oxygens (including phenoxy) is 4. The molecule has 1 fully saturated rings. The maximum absolute atomic E-state index is 12.9. The normalized spacial score (nSPS) is 19.1. The Hall–Kier alpha value is -3.94. The molecule has 188 valence electrons. The van der Waals surface area contributed by atoms with Crippen molar-refractivity contribution < 1.29 is 33.0 Å². The van der Waals surface area contributed by atoms with Crippen LogP contribution in [0.4, 0.5) is 0 Å². The van der Waals surface area contributed by atoms with Crippen molar-refractivity contribution in [2.24, 2.45) is 0 Å². The van der Waals surface area contributed by atoms with E-state index in [-0.39, 0.29) is 25.3 Å². The Morgan fingerprint density at radius 1 is 1.19 bits per heavy atom. The summed E-state index contributed by atoms with van der Waals surface area (Å²) in [6.07, 6.45) is -0.503. The average molecular weight is 495 g/mol. The van der Waals surface area contributed by atoms with Gasteiger partial charge in [0.2, 0.25) is 5.71 Å². The zero-order valence-corrected chi connectivity index (χ0v) is 20.4. The topological polar surface area (TPSA) is 119 Å². The van der Waals surface area contributed by atoms with E-state index >= 15 is 0 Å². The molecule has 3 atom stereocenters. The van der Waals surface area contributed by atoms with Crippen LogP contribution in [0.3, 0.4) is 0 Å². The Bertz CT molecular complexity index is 1390. The van der Waals surface area contributed by atoms with Crippen molar-refractivity contribution in [1.29, 1.82) is 0 Å². The number of hydrogen-bond donors (Lipinski definition) is 0. The van der Waals surface area contributed by atoms with Crippen LogP contribution >= 0.6 is 0 Å². The minimum Gasteiger partial charge on any atom is -0.463 e. The predicted octanol–water partition coefficient (Wildman–Crippen LogP) is 2.75. The molecule has 0 amide bonds. The van der Waals surface area contributed by atoms with Crippen molar-refractivity contribution in [2.45, 2.75) is 45.6 Å². The van der Waals surface area contributed by atoms with E-state index in [9.17, 15) is 14.4 Å². The molecule has 0 spiro atoms. The number of nitrogens with zero attached hydrogens (tertiary/aromatic N) is 2. The predicted molar refractivity (Wildman–Crippen MR) is 128 cm³/mol. The first kappa shape index (κ1) is 25.2. The third kappa shape index (κ3) is 5.48. The molecular formula is C26H26N2O8. The number of rotatable bonds is 6. The molecule has 2 aromatic heterocycles. The van der Waals surface area contributed by atoms with E-state index in [1.165, 1.54) is 18.4 Å². The van der Waals surface area contributed by atoms with E-state index in [2.05, 4.69) is 16.8 Å². The van der Waals surface area contributed by atoms with Crippen LogP contribution in [0.15, 0.2) is 39.7 Å². The molecule has 4 rings (SSSR count). The van der Waals surface area contributed by atoms with Crippen LogP contribution in [0.25, 0.3) is 22.4 Å². The van der Waals surface area contributed by atoms with Crippen LogP contribution in [0.1, 0.15) is 37.6 Å². The van der Waals surface area contributed by atoms with Gasteiger partial charge in [0.15, 0.2) is 5.76 Å². The van der Waals surface area contributed by atoms with Gasteiger partial charge in [-0.15, -0.1) is 0 Å². The third-order valence-electron chi connectivity index (χ3n) is 5.61. The van der Waals surface area contributed by atoms with Gasteiger partial charge in [-0.2, -0.15) is 4.98 Å². The van der Waals surface area contributed by atoms with Gasteiger partial charge >= 0.3 is 17.6 Å². The fourth-order valence-electron chi connectivity index (χ4n) is 3.97. The minimum absolute atomic E-state index is 0.120. The summed E-state index contributed by atoms with van der Waals surface area (Å²) in [5.41, 5.74) is 1.96. The largest absolute Gasteiger partial charge is 0.463 e. The smallest absolute Gasteiger partial charge is 0.353 e. The number of benzene rings is 1. The van der Waals surface area contributed by atoms with Gasteiger partial charge in [0.05, 0.1) is 10.9 Å². The van der Waals surface area contributed by atoms with E-state index in [1.807, 2.05) is 31.2 Å². The SMILES string of the molecule is COCC#Cc1c(-c2ccc(C)cc2)oc2nc(=O)n([C@H]3C[C@H](OC(C)=O)[C@@H](COC(C)=O)O3)cc12. The lowest BCUT2D eigenvalue weighted by molar-refractivity contribution is -0.155. The Balaban J connectivity index is 1.76. The summed E-state index contributed by atoms with van der Waals surface area (Å²) < 4.78 is 28.7. The molecule has 3 heterocycles. The van der Waals surface area contributed by atoms with Gasteiger partial charge in [-0.1, -0.05) is 41.7 Å². The lowest BCUT2D eigenvalue weighted by Crippen LogP contribution is -2.31. The summed E-state index contributed by atoms with van der Waals surface area (Å²) in [6, 6.07) is 7.72. The molecule has 1 aliphatic rings. The van der Waals surface area contributed by atoms with Crippen molar-refractivity contribution in [3.63, 3.8) is 0 Å². The van der Waals surface area contributed by atoms with Gasteiger partial charge in [-0.25, -0.2) is 4.79 Å². The first-order valence-corrected chi connectivity index (χ1v) is 11.3. The summed E-state index contributed by atoms with van der Waals surface area (Å²) in [5, 5.41) is 0.518. The first-order valence-electron chi connectivity index (χ1n) is 11.3. The van der Waals surface area contributed by atoms with Gasteiger partial charge in [-0.3, -0.25) is 14.2 Å². The summed E-state index contributed by atoms with van der Waals surface area (Å²) in [6.45, 7) is 4.62. The summed E-state index contributed by atoms with van der Waals surface area (Å²) >= 11 is 0. The Morgan fingerprint density at radius 2 is 1.94 bits per heavy atom. The molecule has 3 aromatic rings. The second-order valence-corrected chi connectivity index (χ2v) is 8.37. The van der Waals surface area contributed by atoms with Crippen LogP contribution in [0, 0.1) is 18.8 Å². The highest BCUT2D eigenvalue weighted by Crippen LogP contribution is 2.34. The Kier molecular flexibility index (Phi) is 7.52. The summed E-state index contributed by atoms with van der Waals surface area (Å²) in [7, 11) is 1.55. The van der Waals surface area contributed by atoms with Crippen molar-refractivity contribution in [3.8, 4) is 23.2 Å². The van der Waals surface area contributed by atoms with Crippen molar-refractivity contribution >= 4 is 23.0 Å². The Morgan fingerprint density at radius 3 is 2.61 bits per heavy atom. The van der Waals surface area contributed by atoms with Gasteiger partial charge in [0.25, 0.3) is 0 Å². The Labute approximate surface area is 207 Å². The number of carbonyl (C=O) groups is 2. The maximum atomic E-state index is 12.9. The maximum Gasteiger partial charge on any atom is 0.353 e. The number of aryl methyl sites for hydroxylation is 1. The molecule has 10 heteroatoms.